The lowest BCUT2D eigenvalue weighted by Gasteiger charge is -2.30. The summed E-state index contributed by atoms with van der Waals surface area (Å²) >= 11 is 0. The molecule has 3 rings (SSSR count). The van der Waals surface area contributed by atoms with Crippen LogP contribution in [0.25, 0.3) is 10.8 Å². The number of benzene rings is 2. The summed E-state index contributed by atoms with van der Waals surface area (Å²) in [5.41, 5.74) is 1.43. The Morgan fingerprint density at radius 2 is 1.82 bits per heavy atom. The van der Waals surface area contributed by atoms with Crippen LogP contribution >= 0.6 is 0 Å². The van der Waals surface area contributed by atoms with E-state index in [4.69, 9.17) is 0 Å². The lowest BCUT2D eigenvalue weighted by molar-refractivity contribution is 0.314. The Morgan fingerprint density at radius 3 is 2.59 bits per heavy atom. The molecule has 1 aliphatic rings. The molecular formula is C16H19N. The van der Waals surface area contributed by atoms with Crippen LogP contribution in [0.1, 0.15) is 37.8 Å². The maximum Gasteiger partial charge on any atom is 0.0300 e. The van der Waals surface area contributed by atoms with Crippen molar-refractivity contribution in [1.29, 1.82) is 0 Å². The Hall–Kier alpha value is -1.34. The van der Waals surface area contributed by atoms with E-state index in [1.807, 2.05) is 0 Å². The molecule has 0 saturated heterocycles. The van der Waals surface area contributed by atoms with Crippen LogP contribution in [0.15, 0.2) is 42.5 Å². The van der Waals surface area contributed by atoms with Gasteiger partial charge in [0.05, 0.1) is 0 Å². The molecule has 1 N–H and O–H groups in total. The molecule has 88 valence electrons. The first kappa shape index (κ1) is 10.8. The van der Waals surface area contributed by atoms with E-state index in [-0.39, 0.29) is 0 Å². The molecule has 0 amide bonds. The average molecular weight is 225 g/mol. The maximum atomic E-state index is 3.72. The van der Waals surface area contributed by atoms with Gasteiger partial charge in [0.15, 0.2) is 0 Å². The van der Waals surface area contributed by atoms with Crippen molar-refractivity contribution in [3.63, 3.8) is 0 Å². The molecule has 2 aromatic carbocycles. The highest BCUT2D eigenvalue weighted by Crippen LogP contribution is 2.27. The zero-order valence-electron chi connectivity index (χ0n) is 10.3. The van der Waals surface area contributed by atoms with Crippen molar-refractivity contribution < 1.29 is 0 Å². The molecule has 1 fully saturated rings. The van der Waals surface area contributed by atoms with Gasteiger partial charge in [0.1, 0.15) is 0 Å². The maximum absolute atomic E-state index is 3.72. The molecule has 1 saturated carbocycles. The van der Waals surface area contributed by atoms with Crippen LogP contribution in [0.2, 0.25) is 0 Å². The van der Waals surface area contributed by atoms with E-state index in [0.717, 1.165) is 6.04 Å². The van der Waals surface area contributed by atoms with Gasteiger partial charge in [-0.05, 0) is 36.1 Å². The van der Waals surface area contributed by atoms with Crippen LogP contribution in [0.4, 0.5) is 0 Å². The van der Waals surface area contributed by atoms with E-state index >= 15 is 0 Å². The van der Waals surface area contributed by atoms with Crippen molar-refractivity contribution in [2.45, 2.75) is 38.3 Å². The zero-order valence-corrected chi connectivity index (χ0v) is 10.3. The van der Waals surface area contributed by atoms with Gasteiger partial charge < -0.3 is 5.32 Å². The standard InChI is InChI=1S/C16H19N/c1-12(17-14-8-5-9-14)15-11-4-7-13-6-2-3-10-16(13)15/h2-4,6-7,10-12,14,17H,5,8-9H2,1H3/t12-/m1/s1. The topological polar surface area (TPSA) is 12.0 Å². The normalized spacial score (nSPS) is 17.9. The molecule has 2 aromatic rings. The highest BCUT2D eigenvalue weighted by Gasteiger charge is 2.20. The Morgan fingerprint density at radius 1 is 1.06 bits per heavy atom. The number of rotatable bonds is 3. The summed E-state index contributed by atoms with van der Waals surface area (Å²) < 4.78 is 0. The minimum absolute atomic E-state index is 0.450. The fraction of sp³-hybridized carbons (Fsp3) is 0.375. The molecule has 1 nitrogen and oxygen atoms in total. The third-order valence-electron chi connectivity index (χ3n) is 3.88. The molecule has 17 heavy (non-hydrogen) atoms. The van der Waals surface area contributed by atoms with Crippen molar-refractivity contribution in [3.8, 4) is 0 Å². The lowest BCUT2D eigenvalue weighted by Crippen LogP contribution is -2.36. The number of fused-ring (bicyclic) bond motifs is 1. The van der Waals surface area contributed by atoms with Crippen molar-refractivity contribution in [2.24, 2.45) is 0 Å². The summed E-state index contributed by atoms with van der Waals surface area (Å²) in [6, 6.07) is 16.4. The smallest absolute Gasteiger partial charge is 0.0300 e. The number of hydrogen-bond donors (Lipinski definition) is 1. The van der Waals surface area contributed by atoms with Gasteiger partial charge in [-0.15, -0.1) is 0 Å². The van der Waals surface area contributed by atoms with Crippen LogP contribution < -0.4 is 5.32 Å². The minimum Gasteiger partial charge on any atom is -0.307 e. The highest BCUT2D eigenvalue weighted by molar-refractivity contribution is 5.86. The summed E-state index contributed by atoms with van der Waals surface area (Å²) in [5.74, 6) is 0. The molecule has 0 heterocycles. The molecule has 0 aromatic heterocycles. The van der Waals surface area contributed by atoms with Gasteiger partial charge in [0, 0.05) is 12.1 Å². The Kier molecular flexibility index (Phi) is 2.86. The Labute approximate surface area is 103 Å². The Bertz CT molecular complexity index is 508. The van der Waals surface area contributed by atoms with Crippen LogP contribution in [-0.2, 0) is 0 Å². The van der Waals surface area contributed by atoms with Gasteiger partial charge >= 0.3 is 0 Å². The number of hydrogen-bond acceptors (Lipinski definition) is 1. The second kappa shape index (κ2) is 4.50. The van der Waals surface area contributed by atoms with Crippen LogP contribution in [-0.4, -0.2) is 6.04 Å². The van der Waals surface area contributed by atoms with Crippen LogP contribution in [0.3, 0.4) is 0 Å². The average Bonchev–Trinajstić information content (AvgIpc) is 2.33. The molecule has 0 bridgehead atoms. The van der Waals surface area contributed by atoms with Gasteiger partial charge in [-0.2, -0.15) is 0 Å². The van der Waals surface area contributed by atoms with Gasteiger partial charge in [-0.25, -0.2) is 0 Å². The van der Waals surface area contributed by atoms with Gasteiger partial charge in [0.2, 0.25) is 0 Å². The first-order valence-corrected chi connectivity index (χ1v) is 6.58. The number of nitrogens with one attached hydrogen (secondary N) is 1. The van der Waals surface area contributed by atoms with E-state index in [1.165, 1.54) is 35.6 Å². The summed E-state index contributed by atoms with van der Waals surface area (Å²) in [7, 11) is 0. The predicted molar refractivity (Wildman–Crippen MR) is 73.1 cm³/mol. The van der Waals surface area contributed by atoms with Crippen molar-refractivity contribution >= 4 is 10.8 Å². The fourth-order valence-corrected chi connectivity index (χ4v) is 2.65. The molecule has 0 radical (unpaired) electrons. The van der Waals surface area contributed by atoms with Crippen LogP contribution in [0.5, 0.6) is 0 Å². The van der Waals surface area contributed by atoms with Crippen molar-refractivity contribution in [1.82, 2.24) is 5.32 Å². The van der Waals surface area contributed by atoms with Crippen LogP contribution in [0, 0.1) is 0 Å². The van der Waals surface area contributed by atoms with E-state index in [0.29, 0.717) is 6.04 Å². The molecule has 0 aliphatic heterocycles. The monoisotopic (exact) mass is 225 g/mol. The first-order chi connectivity index (χ1) is 8.34. The molecule has 0 unspecified atom stereocenters. The summed E-state index contributed by atoms with van der Waals surface area (Å²) in [4.78, 5) is 0. The predicted octanol–water partition coefficient (Wildman–Crippen LogP) is 4.04. The van der Waals surface area contributed by atoms with Crippen molar-refractivity contribution in [3.05, 3.63) is 48.0 Å². The molecule has 1 heteroatoms. The molecule has 1 aliphatic carbocycles. The van der Waals surface area contributed by atoms with E-state index in [2.05, 4.69) is 54.7 Å². The fourth-order valence-electron chi connectivity index (χ4n) is 2.65. The lowest BCUT2D eigenvalue weighted by atomic mass is 9.91. The van der Waals surface area contributed by atoms with Crippen molar-refractivity contribution in [2.75, 3.05) is 0 Å². The summed E-state index contributed by atoms with van der Waals surface area (Å²) in [6.07, 6.45) is 4.07. The minimum atomic E-state index is 0.450. The van der Waals surface area contributed by atoms with Gasteiger partial charge in [0.25, 0.3) is 0 Å². The second-order valence-electron chi connectivity index (χ2n) is 5.08. The molecular weight excluding hydrogens is 206 g/mol. The second-order valence-corrected chi connectivity index (χ2v) is 5.08. The van der Waals surface area contributed by atoms with Gasteiger partial charge in [-0.3, -0.25) is 0 Å². The third-order valence-corrected chi connectivity index (χ3v) is 3.88. The Balaban J connectivity index is 1.92. The quantitative estimate of drug-likeness (QED) is 0.831. The largest absolute Gasteiger partial charge is 0.307 e. The van der Waals surface area contributed by atoms with E-state index in [1.54, 1.807) is 0 Å². The summed E-state index contributed by atoms with van der Waals surface area (Å²) in [5, 5.41) is 6.45. The third kappa shape index (κ3) is 2.07. The highest BCUT2D eigenvalue weighted by atomic mass is 15.0. The van der Waals surface area contributed by atoms with Gasteiger partial charge in [-0.1, -0.05) is 48.9 Å². The summed E-state index contributed by atoms with van der Waals surface area (Å²) in [6.45, 7) is 2.28. The molecule has 0 spiro atoms. The molecule has 1 atom stereocenters. The van der Waals surface area contributed by atoms with E-state index < -0.39 is 0 Å². The first-order valence-electron chi connectivity index (χ1n) is 6.58. The van der Waals surface area contributed by atoms with E-state index in [9.17, 15) is 0 Å². The SMILES string of the molecule is C[C@@H](NC1CCC1)c1cccc2ccccc12. The zero-order chi connectivity index (χ0) is 11.7.